The molecular formula is C21H33FN2O3. The van der Waals surface area contributed by atoms with Crippen LogP contribution in [0.5, 0.6) is 5.75 Å². The Labute approximate surface area is 162 Å². The zero-order valence-corrected chi connectivity index (χ0v) is 16.7. The van der Waals surface area contributed by atoms with Crippen LogP contribution < -0.4 is 10.1 Å². The lowest BCUT2D eigenvalue weighted by atomic mass is 9.88. The van der Waals surface area contributed by atoms with E-state index in [0.29, 0.717) is 31.4 Å². The maximum absolute atomic E-state index is 13.3. The van der Waals surface area contributed by atoms with Crippen LogP contribution in [0.1, 0.15) is 26.7 Å². The van der Waals surface area contributed by atoms with Gasteiger partial charge in [0.2, 0.25) is 5.91 Å². The van der Waals surface area contributed by atoms with Crippen LogP contribution in [0.4, 0.5) is 4.39 Å². The van der Waals surface area contributed by atoms with Gasteiger partial charge < -0.3 is 19.7 Å². The van der Waals surface area contributed by atoms with Crippen LogP contribution in [0, 0.1) is 23.6 Å². The van der Waals surface area contributed by atoms with Crippen molar-refractivity contribution in [2.45, 2.75) is 26.7 Å². The fourth-order valence-electron chi connectivity index (χ4n) is 3.62. The van der Waals surface area contributed by atoms with Gasteiger partial charge in [-0.2, -0.15) is 0 Å². The molecule has 0 saturated carbocycles. The van der Waals surface area contributed by atoms with E-state index >= 15 is 0 Å². The number of ether oxygens (including phenoxy) is 2. The number of halogens is 1. The summed E-state index contributed by atoms with van der Waals surface area (Å²) in [6.07, 6.45) is 1.61. The van der Waals surface area contributed by atoms with Crippen LogP contribution in [-0.4, -0.2) is 57.3 Å². The van der Waals surface area contributed by atoms with Crippen LogP contribution >= 0.6 is 0 Å². The van der Waals surface area contributed by atoms with E-state index in [1.165, 1.54) is 12.1 Å². The summed E-state index contributed by atoms with van der Waals surface area (Å²) in [6.45, 7) is 8.80. The number of piperidine rings is 1. The molecule has 0 unspecified atom stereocenters. The molecule has 1 aliphatic rings. The van der Waals surface area contributed by atoms with Gasteiger partial charge in [-0.1, -0.05) is 19.9 Å². The van der Waals surface area contributed by atoms with Crippen molar-refractivity contribution in [2.24, 2.45) is 17.8 Å². The number of methoxy groups -OCH3 is 1. The van der Waals surface area contributed by atoms with Crippen molar-refractivity contribution >= 4 is 5.91 Å². The van der Waals surface area contributed by atoms with Crippen molar-refractivity contribution in [3.8, 4) is 5.75 Å². The van der Waals surface area contributed by atoms with Gasteiger partial charge in [-0.25, -0.2) is 4.39 Å². The number of carbonyl (C=O) groups excluding carboxylic acids is 1. The van der Waals surface area contributed by atoms with Crippen molar-refractivity contribution in [3.05, 3.63) is 30.1 Å². The smallest absolute Gasteiger partial charge is 0.224 e. The summed E-state index contributed by atoms with van der Waals surface area (Å²) in [6, 6.07) is 6.21. The lowest BCUT2D eigenvalue weighted by molar-refractivity contribution is -0.127. The molecule has 5 nitrogen and oxygen atoms in total. The molecule has 0 bridgehead atoms. The highest BCUT2D eigenvalue weighted by atomic mass is 19.1. The molecule has 152 valence electrons. The Morgan fingerprint density at radius 3 is 2.89 bits per heavy atom. The summed E-state index contributed by atoms with van der Waals surface area (Å²) in [5.41, 5.74) is 0. The fourth-order valence-corrected chi connectivity index (χ4v) is 3.62. The number of amides is 1. The molecule has 1 aromatic carbocycles. The van der Waals surface area contributed by atoms with Crippen LogP contribution in [0.25, 0.3) is 0 Å². The second-order valence-corrected chi connectivity index (χ2v) is 7.82. The van der Waals surface area contributed by atoms with Crippen LogP contribution in [-0.2, 0) is 9.53 Å². The number of nitrogens with zero attached hydrogens (tertiary/aromatic N) is 1. The van der Waals surface area contributed by atoms with Gasteiger partial charge in [0.05, 0.1) is 12.5 Å². The third kappa shape index (κ3) is 7.85. The second kappa shape index (κ2) is 11.2. The molecule has 0 aromatic heterocycles. The minimum atomic E-state index is -0.300. The topological polar surface area (TPSA) is 50.8 Å². The van der Waals surface area contributed by atoms with Gasteiger partial charge in [-0.3, -0.25) is 4.79 Å². The average molecular weight is 381 g/mol. The van der Waals surface area contributed by atoms with Crippen LogP contribution in [0.3, 0.4) is 0 Å². The van der Waals surface area contributed by atoms with Gasteiger partial charge >= 0.3 is 0 Å². The first kappa shape index (κ1) is 21.6. The molecule has 6 heteroatoms. The zero-order valence-electron chi connectivity index (χ0n) is 16.7. The number of hydrogen-bond donors (Lipinski definition) is 1. The van der Waals surface area contributed by atoms with Gasteiger partial charge in [0.25, 0.3) is 0 Å². The molecule has 1 amide bonds. The van der Waals surface area contributed by atoms with Crippen molar-refractivity contribution < 1.29 is 18.7 Å². The molecule has 2 atom stereocenters. The molecule has 1 aliphatic heterocycles. The van der Waals surface area contributed by atoms with Crippen molar-refractivity contribution in [3.63, 3.8) is 0 Å². The summed E-state index contributed by atoms with van der Waals surface area (Å²) in [4.78, 5) is 14.9. The molecule has 1 fully saturated rings. The second-order valence-electron chi connectivity index (χ2n) is 7.82. The predicted octanol–water partition coefficient (Wildman–Crippen LogP) is 2.95. The molecule has 27 heavy (non-hydrogen) atoms. The Morgan fingerprint density at radius 1 is 1.37 bits per heavy atom. The maximum atomic E-state index is 13.3. The number of hydrogen-bond acceptors (Lipinski definition) is 4. The van der Waals surface area contributed by atoms with E-state index in [9.17, 15) is 9.18 Å². The number of nitrogens with one attached hydrogen (secondary N) is 1. The van der Waals surface area contributed by atoms with E-state index < -0.39 is 0 Å². The Morgan fingerprint density at radius 2 is 2.19 bits per heavy atom. The van der Waals surface area contributed by atoms with Gasteiger partial charge in [0.1, 0.15) is 11.6 Å². The zero-order chi connectivity index (χ0) is 19.6. The monoisotopic (exact) mass is 380 g/mol. The molecule has 0 radical (unpaired) electrons. The minimum absolute atomic E-state index is 0.0406. The van der Waals surface area contributed by atoms with E-state index in [2.05, 4.69) is 24.1 Å². The van der Waals surface area contributed by atoms with Crippen molar-refractivity contribution in [1.29, 1.82) is 0 Å². The summed E-state index contributed by atoms with van der Waals surface area (Å²) in [5.74, 6) is 1.09. The van der Waals surface area contributed by atoms with Gasteiger partial charge in [0, 0.05) is 51.9 Å². The van der Waals surface area contributed by atoms with Gasteiger partial charge in [-0.05, 0) is 30.9 Å². The summed E-state index contributed by atoms with van der Waals surface area (Å²) in [5, 5.41) is 3.03. The first-order valence-corrected chi connectivity index (χ1v) is 9.85. The highest BCUT2D eigenvalue weighted by Gasteiger charge is 2.32. The van der Waals surface area contributed by atoms with E-state index in [1.807, 2.05) is 0 Å². The third-order valence-electron chi connectivity index (χ3n) is 4.71. The first-order chi connectivity index (χ1) is 13.0. The quantitative estimate of drug-likeness (QED) is 0.634. The number of rotatable bonds is 10. The highest BCUT2D eigenvalue weighted by Crippen LogP contribution is 2.24. The molecule has 2 rings (SSSR count). The molecule has 1 saturated heterocycles. The molecule has 1 heterocycles. The average Bonchev–Trinajstić information content (AvgIpc) is 2.63. The molecule has 1 N–H and O–H groups in total. The predicted molar refractivity (Wildman–Crippen MR) is 104 cm³/mol. The van der Waals surface area contributed by atoms with E-state index in [1.54, 1.807) is 19.2 Å². The number of likely N-dealkylation sites (tertiary alicyclic amines) is 1. The molecule has 1 aromatic rings. The van der Waals surface area contributed by atoms with E-state index in [-0.39, 0.29) is 23.6 Å². The van der Waals surface area contributed by atoms with Crippen LogP contribution in [0.15, 0.2) is 24.3 Å². The normalized spacial score (nSPS) is 20.6. The lowest BCUT2D eigenvalue weighted by Crippen LogP contribution is -2.48. The Balaban J connectivity index is 1.91. The number of benzene rings is 1. The van der Waals surface area contributed by atoms with Crippen molar-refractivity contribution in [1.82, 2.24) is 10.2 Å². The largest absolute Gasteiger partial charge is 0.493 e. The SMILES string of the molecule is COCCCNC(=O)[C@@H]1C[C@H](COc2cccc(F)c2)CN(CC(C)C)C1. The van der Waals surface area contributed by atoms with E-state index in [4.69, 9.17) is 9.47 Å². The Hall–Kier alpha value is -1.66. The highest BCUT2D eigenvalue weighted by molar-refractivity contribution is 5.79. The summed E-state index contributed by atoms with van der Waals surface area (Å²) >= 11 is 0. The molecule has 0 spiro atoms. The van der Waals surface area contributed by atoms with Crippen molar-refractivity contribution in [2.75, 3.05) is 46.5 Å². The van der Waals surface area contributed by atoms with Gasteiger partial charge in [-0.15, -0.1) is 0 Å². The first-order valence-electron chi connectivity index (χ1n) is 9.85. The number of carbonyl (C=O) groups is 1. The summed E-state index contributed by atoms with van der Waals surface area (Å²) < 4.78 is 24.2. The Bertz CT molecular complexity index is 582. The molecular weight excluding hydrogens is 347 g/mol. The maximum Gasteiger partial charge on any atom is 0.224 e. The molecule has 0 aliphatic carbocycles. The standard InChI is InChI=1S/C21H33FN2O3/c1-16(2)12-24-13-17(15-27-20-7-4-6-19(22)11-20)10-18(14-24)21(25)23-8-5-9-26-3/h4,6-7,11,16-18H,5,8-10,12-15H2,1-3H3,(H,23,25)/t17-,18+/m0/s1. The van der Waals surface area contributed by atoms with Gasteiger partial charge in [0.15, 0.2) is 0 Å². The lowest BCUT2D eigenvalue weighted by Gasteiger charge is -2.37. The fraction of sp³-hybridized carbons (Fsp3) is 0.667. The van der Waals surface area contributed by atoms with E-state index in [0.717, 1.165) is 32.5 Å². The van der Waals surface area contributed by atoms with Crippen LogP contribution in [0.2, 0.25) is 0 Å². The summed E-state index contributed by atoms with van der Waals surface area (Å²) in [7, 11) is 1.66. The minimum Gasteiger partial charge on any atom is -0.493 e. The Kier molecular flexibility index (Phi) is 9.01. The third-order valence-corrected chi connectivity index (χ3v) is 4.71.